The number of H-pyrrole nitrogens is 4. The molecule has 0 unspecified atom stereocenters. The van der Waals surface area contributed by atoms with Crippen LogP contribution in [0.3, 0.4) is 0 Å². The van der Waals surface area contributed by atoms with Crippen molar-refractivity contribution in [2.45, 2.75) is 5.92 Å². The average molecular weight is 347 g/mol. The molecule has 3 aromatic rings. The van der Waals surface area contributed by atoms with Gasteiger partial charge < -0.3 is 9.97 Å². The van der Waals surface area contributed by atoms with Gasteiger partial charge >= 0.3 is 11.4 Å². The Bertz CT molecular complexity index is 1040. The number of benzene rings is 1. The minimum atomic E-state index is -0.802. The normalized spacial score (nSPS) is 10.9. The summed E-state index contributed by atoms with van der Waals surface area (Å²) < 4.78 is 0. The molecule has 122 valence electrons. The van der Waals surface area contributed by atoms with Crippen LogP contribution in [0.15, 0.2) is 55.8 Å². The van der Waals surface area contributed by atoms with Gasteiger partial charge in [0.1, 0.15) is 0 Å². The molecule has 24 heavy (non-hydrogen) atoms. The Morgan fingerprint density at radius 3 is 1.62 bits per heavy atom. The van der Waals surface area contributed by atoms with Crippen LogP contribution in [0.5, 0.6) is 0 Å². The van der Waals surface area contributed by atoms with Crippen molar-refractivity contribution in [1.82, 2.24) is 19.9 Å². The minimum absolute atomic E-state index is 0.148. The molecule has 0 aliphatic heterocycles. The number of nitrogens with one attached hydrogen (secondary N) is 4. The number of halogens is 1. The van der Waals surface area contributed by atoms with Crippen molar-refractivity contribution in [2.75, 3.05) is 0 Å². The molecular weight excluding hydrogens is 336 g/mol. The van der Waals surface area contributed by atoms with Crippen molar-refractivity contribution >= 4 is 11.6 Å². The van der Waals surface area contributed by atoms with E-state index in [1.54, 1.807) is 24.3 Å². The van der Waals surface area contributed by atoms with Gasteiger partial charge in [0.05, 0.1) is 0 Å². The van der Waals surface area contributed by atoms with Crippen LogP contribution in [0.1, 0.15) is 22.6 Å². The van der Waals surface area contributed by atoms with E-state index in [9.17, 15) is 19.2 Å². The van der Waals surface area contributed by atoms with Gasteiger partial charge in [0.25, 0.3) is 11.1 Å². The van der Waals surface area contributed by atoms with Crippen molar-refractivity contribution in [1.29, 1.82) is 0 Å². The SMILES string of the molecule is O=c1[nH]cc(C(c2ccc(Cl)cc2)c2c[nH]c(=O)[nH]c2=O)c(=O)[nH]1. The molecule has 0 spiro atoms. The van der Waals surface area contributed by atoms with E-state index in [0.29, 0.717) is 10.6 Å². The van der Waals surface area contributed by atoms with Gasteiger partial charge in [-0.2, -0.15) is 0 Å². The van der Waals surface area contributed by atoms with Crippen molar-refractivity contribution in [2.24, 2.45) is 0 Å². The summed E-state index contributed by atoms with van der Waals surface area (Å²) in [5, 5.41) is 0.489. The third kappa shape index (κ3) is 2.99. The lowest BCUT2D eigenvalue weighted by Gasteiger charge is -2.16. The Morgan fingerprint density at radius 2 is 1.21 bits per heavy atom. The largest absolute Gasteiger partial charge is 0.325 e. The minimum Gasteiger partial charge on any atom is -0.314 e. The molecule has 8 nitrogen and oxygen atoms in total. The number of rotatable bonds is 3. The molecule has 0 saturated carbocycles. The monoisotopic (exact) mass is 346 g/mol. The summed E-state index contributed by atoms with van der Waals surface area (Å²) in [6, 6.07) is 6.54. The summed E-state index contributed by atoms with van der Waals surface area (Å²) >= 11 is 5.88. The summed E-state index contributed by atoms with van der Waals surface area (Å²) in [4.78, 5) is 55.9. The van der Waals surface area contributed by atoms with Gasteiger partial charge in [-0.05, 0) is 17.7 Å². The first-order chi connectivity index (χ1) is 11.5. The fourth-order valence-electron chi connectivity index (χ4n) is 2.45. The van der Waals surface area contributed by atoms with Crippen molar-refractivity contribution in [3.05, 3.63) is 100 Å². The first-order valence-corrected chi connectivity index (χ1v) is 7.23. The highest BCUT2D eigenvalue weighted by Gasteiger charge is 2.23. The molecule has 0 amide bonds. The second kappa shape index (κ2) is 6.17. The maximum atomic E-state index is 12.2. The van der Waals surface area contributed by atoms with E-state index in [2.05, 4.69) is 19.9 Å². The van der Waals surface area contributed by atoms with Crippen LogP contribution < -0.4 is 22.5 Å². The number of hydrogen-bond donors (Lipinski definition) is 4. The molecule has 2 aromatic heterocycles. The van der Waals surface area contributed by atoms with Crippen molar-refractivity contribution in [3.63, 3.8) is 0 Å². The molecule has 1 aromatic carbocycles. The fourth-order valence-corrected chi connectivity index (χ4v) is 2.58. The zero-order valence-electron chi connectivity index (χ0n) is 12.1. The second-order valence-corrected chi connectivity index (χ2v) is 5.48. The summed E-state index contributed by atoms with van der Waals surface area (Å²) in [5.41, 5.74) is -1.70. The number of hydrogen-bond acceptors (Lipinski definition) is 4. The maximum Gasteiger partial charge on any atom is 0.325 e. The predicted molar refractivity (Wildman–Crippen MR) is 87.8 cm³/mol. The topological polar surface area (TPSA) is 131 Å². The van der Waals surface area contributed by atoms with E-state index in [1.807, 2.05) is 0 Å². The van der Waals surface area contributed by atoms with Crippen LogP contribution in [0, 0.1) is 0 Å². The molecular formula is C15H11ClN4O4. The highest BCUT2D eigenvalue weighted by Crippen LogP contribution is 2.27. The lowest BCUT2D eigenvalue weighted by Crippen LogP contribution is -2.31. The van der Waals surface area contributed by atoms with E-state index in [4.69, 9.17) is 11.6 Å². The lowest BCUT2D eigenvalue weighted by atomic mass is 9.88. The Balaban J connectivity index is 2.30. The summed E-state index contributed by atoms with van der Waals surface area (Å²) in [6.45, 7) is 0. The average Bonchev–Trinajstić information content (AvgIpc) is 2.53. The smallest absolute Gasteiger partial charge is 0.314 e. The lowest BCUT2D eigenvalue weighted by molar-refractivity contribution is 0.858. The van der Waals surface area contributed by atoms with E-state index in [1.165, 1.54) is 12.4 Å². The van der Waals surface area contributed by atoms with E-state index < -0.39 is 28.4 Å². The zero-order chi connectivity index (χ0) is 17.3. The molecule has 0 atom stereocenters. The standard InChI is InChI=1S/C15H11ClN4O4/c16-8-3-1-7(2-4-8)11(9-5-17-14(23)19-12(9)21)10-6-18-15(24)20-13(10)22/h1-6,11H,(H2,17,19,21,23)(H2,18,20,22,24). The van der Waals surface area contributed by atoms with Gasteiger partial charge in [0.15, 0.2) is 0 Å². The molecule has 0 fully saturated rings. The highest BCUT2D eigenvalue weighted by molar-refractivity contribution is 6.30. The third-order valence-corrected chi connectivity index (χ3v) is 3.77. The Kier molecular flexibility index (Phi) is 4.05. The molecule has 4 N–H and O–H groups in total. The summed E-state index contributed by atoms with van der Waals surface area (Å²) in [7, 11) is 0. The summed E-state index contributed by atoms with van der Waals surface area (Å²) in [6.07, 6.45) is 2.48. The number of aromatic nitrogens is 4. The maximum absolute atomic E-state index is 12.2. The molecule has 0 radical (unpaired) electrons. The molecule has 0 bridgehead atoms. The van der Waals surface area contributed by atoms with Crippen LogP contribution in [0.4, 0.5) is 0 Å². The zero-order valence-corrected chi connectivity index (χ0v) is 12.8. The Labute approximate surface area is 138 Å². The van der Waals surface area contributed by atoms with Gasteiger partial charge in [-0.15, -0.1) is 0 Å². The first-order valence-electron chi connectivity index (χ1n) is 6.85. The van der Waals surface area contributed by atoms with Gasteiger partial charge in [-0.25, -0.2) is 9.59 Å². The van der Waals surface area contributed by atoms with Crippen LogP contribution in [0.25, 0.3) is 0 Å². The molecule has 9 heteroatoms. The van der Waals surface area contributed by atoms with Gasteiger partial charge in [0, 0.05) is 34.5 Å². The fraction of sp³-hybridized carbons (Fsp3) is 0.0667. The third-order valence-electron chi connectivity index (χ3n) is 3.52. The quantitative estimate of drug-likeness (QED) is 0.542. The van der Waals surface area contributed by atoms with E-state index in [-0.39, 0.29) is 11.1 Å². The second-order valence-electron chi connectivity index (χ2n) is 5.04. The first kappa shape index (κ1) is 15.8. The van der Waals surface area contributed by atoms with Gasteiger partial charge in [0.2, 0.25) is 0 Å². The Hall–Kier alpha value is -3.13. The van der Waals surface area contributed by atoms with Crippen LogP contribution >= 0.6 is 11.6 Å². The van der Waals surface area contributed by atoms with Crippen LogP contribution in [-0.4, -0.2) is 19.9 Å². The van der Waals surface area contributed by atoms with Crippen LogP contribution in [0.2, 0.25) is 5.02 Å². The van der Waals surface area contributed by atoms with Crippen molar-refractivity contribution in [3.8, 4) is 0 Å². The van der Waals surface area contributed by atoms with Gasteiger partial charge in [-0.1, -0.05) is 23.7 Å². The molecule has 0 saturated heterocycles. The molecule has 2 heterocycles. The molecule has 0 aliphatic rings. The highest BCUT2D eigenvalue weighted by atomic mass is 35.5. The van der Waals surface area contributed by atoms with E-state index in [0.717, 1.165) is 0 Å². The predicted octanol–water partition coefficient (Wildman–Crippen LogP) is 0.273. The molecule has 3 rings (SSSR count). The van der Waals surface area contributed by atoms with E-state index >= 15 is 0 Å². The van der Waals surface area contributed by atoms with Crippen molar-refractivity contribution < 1.29 is 0 Å². The van der Waals surface area contributed by atoms with Gasteiger partial charge in [-0.3, -0.25) is 19.6 Å². The molecule has 0 aliphatic carbocycles. The van der Waals surface area contributed by atoms with Crippen LogP contribution in [-0.2, 0) is 0 Å². The summed E-state index contributed by atoms with van der Waals surface area (Å²) in [5.74, 6) is -0.802. The number of aromatic amines is 4. The Morgan fingerprint density at radius 1 is 0.750 bits per heavy atom.